The SMILES string of the molecule is Cl.Nc1ccc(N)c(CNc2ccc(C(F)(F)F)cc2)c1. The summed E-state index contributed by atoms with van der Waals surface area (Å²) < 4.78 is 37.3. The van der Waals surface area contributed by atoms with Crippen molar-refractivity contribution in [2.45, 2.75) is 12.7 Å². The van der Waals surface area contributed by atoms with E-state index in [0.29, 0.717) is 23.6 Å². The number of anilines is 3. The van der Waals surface area contributed by atoms with Gasteiger partial charge in [0.2, 0.25) is 0 Å². The maximum Gasteiger partial charge on any atom is 0.416 e. The first-order valence-electron chi connectivity index (χ1n) is 5.91. The third-order valence-corrected chi connectivity index (χ3v) is 2.86. The first kappa shape index (κ1) is 17.0. The molecule has 0 saturated heterocycles. The Bertz CT molecular complexity index is 597. The minimum Gasteiger partial charge on any atom is -0.399 e. The van der Waals surface area contributed by atoms with Gasteiger partial charge in [-0.25, -0.2) is 0 Å². The number of nitrogen functional groups attached to an aromatic ring is 2. The van der Waals surface area contributed by atoms with Crippen LogP contribution >= 0.6 is 12.4 Å². The van der Waals surface area contributed by atoms with Gasteiger partial charge < -0.3 is 16.8 Å². The van der Waals surface area contributed by atoms with E-state index >= 15 is 0 Å². The summed E-state index contributed by atoms with van der Waals surface area (Å²) in [5.74, 6) is 0. The Kier molecular flexibility index (Phi) is 5.32. The van der Waals surface area contributed by atoms with E-state index in [-0.39, 0.29) is 12.4 Å². The van der Waals surface area contributed by atoms with Crippen molar-refractivity contribution in [3.63, 3.8) is 0 Å². The fraction of sp³-hybridized carbons (Fsp3) is 0.143. The standard InChI is InChI=1S/C14H14F3N3.ClH/c15-14(16,17)10-1-4-12(5-2-10)20-8-9-7-11(18)3-6-13(9)19;/h1-7,20H,8,18-19H2;1H. The van der Waals surface area contributed by atoms with Gasteiger partial charge in [0.15, 0.2) is 0 Å². The lowest BCUT2D eigenvalue weighted by Gasteiger charge is -2.11. The molecule has 0 bridgehead atoms. The second kappa shape index (κ2) is 6.58. The van der Waals surface area contributed by atoms with Crippen LogP contribution in [0.5, 0.6) is 0 Å². The monoisotopic (exact) mass is 317 g/mol. The lowest BCUT2D eigenvalue weighted by Crippen LogP contribution is -2.06. The minimum absolute atomic E-state index is 0. The van der Waals surface area contributed by atoms with Gasteiger partial charge in [0, 0.05) is 23.6 Å². The van der Waals surface area contributed by atoms with Crippen molar-refractivity contribution in [2.75, 3.05) is 16.8 Å². The van der Waals surface area contributed by atoms with Crippen LogP contribution in [0.2, 0.25) is 0 Å². The van der Waals surface area contributed by atoms with Crippen LogP contribution in [-0.4, -0.2) is 0 Å². The molecule has 0 aliphatic heterocycles. The zero-order valence-electron chi connectivity index (χ0n) is 10.9. The van der Waals surface area contributed by atoms with Crippen molar-refractivity contribution in [3.05, 3.63) is 53.6 Å². The number of nitrogens with one attached hydrogen (secondary N) is 1. The molecule has 0 atom stereocenters. The zero-order chi connectivity index (χ0) is 14.8. The molecular weight excluding hydrogens is 303 g/mol. The van der Waals surface area contributed by atoms with Crippen LogP contribution in [0.25, 0.3) is 0 Å². The number of halogens is 4. The lowest BCUT2D eigenvalue weighted by molar-refractivity contribution is -0.137. The highest BCUT2D eigenvalue weighted by molar-refractivity contribution is 5.85. The Balaban J connectivity index is 0.00000220. The summed E-state index contributed by atoms with van der Waals surface area (Å²) in [6.07, 6.45) is -4.32. The predicted molar refractivity (Wildman–Crippen MR) is 81.3 cm³/mol. The molecule has 2 aromatic carbocycles. The van der Waals surface area contributed by atoms with E-state index < -0.39 is 11.7 Å². The van der Waals surface area contributed by atoms with Gasteiger partial charge in [-0.2, -0.15) is 13.2 Å². The third kappa shape index (κ3) is 4.46. The molecule has 2 rings (SSSR count). The van der Waals surface area contributed by atoms with Crippen LogP contribution in [0.1, 0.15) is 11.1 Å². The van der Waals surface area contributed by atoms with Gasteiger partial charge in [0.25, 0.3) is 0 Å². The summed E-state index contributed by atoms with van der Waals surface area (Å²) in [5, 5.41) is 3.00. The second-order valence-corrected chi connectivity index (χ2v) is 4.39. The molecular formula is C14H15ClF3N3. The van der Waals surface area contributed by atoms with Gasteiger partial charge in [0.1, 0.15) is 0 Å². The Morgan fingerprint density at radius 2 is 1.57 bits per heavy atom. The highest BCUT2D eigenvalue weighted by Crippen LogP contribution is 2.30. The average Bonchev–Trinajstić information content (AvgIpc) is 2.39. The second-order valence-electron chi connectivity index (χ2n) is 4.39. The van der Waals surface area contributed by atoms with Crippen LogP contribution in [0.15, 0.2) is 42.5 Å². The van der Waals surface area contributed by atoms with Gasteiger partial charge in [0.05, 0.1) is 5.56 Å². The molecule has 0 aromatic heterocycles. The number of hydrogen-bond acceptors (Lipinski definition) is 3. The molecule has 114 valence electrons. The highest BCUT2D eigenvalue weighted by atomic mass is 35.5. The van der Waals surface area contributed by atoms with Crippen LogP contribution in [0.3, 0.4) is 0 Å². The molecule has 0 spiro atoms. The number of nitrogens with two attached hydrogens (primary N) is 2. The Morgan fingerprint density at radius 3 is 2.14 bits per heavy atom. The fourth-order valence-corrected chi connectivity index (χ4v) is 1.75. The van der Waals surface area contributed by atoms with Crippen LogP contribution in [-0.2, 0) is 12.7 Å². The number of alkyl halides is 3. The number of hydrogen-bond donors (Lipinski definition) is 3. The van der Waals surface area contributed by atoms with E-state index in [1.54, 1.807) is 18.2 Å². The summed E-state index contributed by atoms with van der Waals surface area (Å²) >= 11 is 0. The van der Waals surface area contributed by atoms with E-state index in [1.807, 2.05) is 0 Å². The molecule has 2 aromatic rings. The lowest BCUT2D eigenvalue weighted by atomic mass is 10.1. The molecule has 0 amide bonds. The molecule has 0 unspecified atom stereocenters. The van der Waals surface area contributed by atoms with E-state index in [4.69, 9.17) is 11.5 Å². The molecule has 0 fully saturated rings. The van der Waals surface area contributed by atoms with Crippen molar-refractivity contribution in [1.29, 1.82) is 0 Å². The molecule has 0 aliphatic rings. The predicted octanol–water partition coefficient (Wildman–Crippen LogP) is 3.90. The normalized spacial score (nSPS) is 10.8. The minimum atomic E-state index is -4.32. The van der Waals surface area contributed by atoms with E-state index in [1.165, 1.54) is 12.1 Å². The van der Waals surface area contributed by atoms with Crippen molar-refractivity contribution < 1.29 is 13.2 Å². The molecule has 0 saturated carbocycles. The number of benzene rings is 2. The van der Waals surface area contributed by atoms with Crippen LogP contribution in [0.4, 0.5) is 30.2 Å². The first-order valence-corrected chi connectivity index (χ1v) is 5.91. The summed E-state index contributed by atoms with van der Waals surface area (Å²) in [6, 6.07) is 9.94. The van der Waals surface area contributed by atoms with Gasteiger partial charge in [-0.05, 0) is 48.0 Å². The van der Waals surface area contributed by atoms with Crippen LogP contribution in [0, 0.1) is 0 Å². The van der Waals surface area contributed by atoms with Gasteiger partial charge >= 0.3 is 6.18 Å². The van der Waals surface area contributed by atoms with E-state index in [9.17, 15) is 13.2 Å². The van der Waals surface area contributed by atoms with Gasteiger partial charge in [-0.3, -0.25) is 0 Å². The largest absolute Gasteiger partial charge is 0.416 e. The smallest absolute Gasteiger partial charge is 0.399 e. The maximum absolute atomic E-state index is 12.4. The highest BCUT2D eigenvalue weighted by Gasteiger charge is 2.29. The third-order valence-electron chi connectivity index (χ3n) is 2.86. The topological polar surface area (TPSA) is 64.1 Å². The molecule has 0 heterocycles. The molecule has 21 heavy (non-hydrogen) atoms. The molecule has 5 N–H and O–H groups in total. The van der Waals surface area contributed by atoms with Gasteiger partial charge in [-0.1, -0.05) is 0 Å². The summed E-state index contributed by atoms with van der Waals surface area (Å²) in [6.45, 7) is 0.391. The quantitative estimate of drug-likeness (QED) is 0.752. The van der Waals surface area contributed by atoms with Gasteiger partial charge in [-0.15, -0.1) is 12.4 Å². The summed E-state index contributed by atoms with van der Waals surface area (Å²) in [7, 11) is 0. The van der Waals surface area contributed by atoms with E-state index in [0.717, 1.165) is 17.7 Å². The fourth-order valence-electron chi connectivity index (χ4n) is 1.75. The Hall–Kier alpha value is -2.08. The molecule has 0 aliphatic carbocycles. The molecule has 3 nitrogen and oxygen atoms in total. The zero-order valence-corrected chi connectivity index (χ0v) is 11.8. The van der Waals surface area contributed by atoms with Crippen LogP contribution < -0.4 is 16.8 Å². The summed E-state index contributed by atoms with van der Waals surface area (Å²) in [4.78, 5) is 0. The van der Waals surface area contributed by atoms with Crippen molar-refractivity contribution in [3.8, 4) is 0 Å². The van der Waals surface area contributed by atoms with E-state index in [2.05, 4.69) is 5.32 Å². The van der Waals surface area contributed by atoms with Crippen molar-refractivity contribution in [2.24, 2.45) is 0 Å². The Labute approximate surface area is 126 Å². The maximum atomic E-state index is 12.4. The Morgan fingerprint density at radius 1 is 0.952 bits per heavy atom. The summed E-state index contributed by atoms with van der Waals surface area (Å²) in [5.41, 5.74) is 13.3. The molecule has 0 radical (unpaired) electrons. The molecule has 7 heteroatoms. The van der Waals surface area contributed by atoms with Crippen molar-refractivity contribution >= 4 is 29.5 Å². The van der Waals surface area contributed by atoms with Crippen molar-refractivity contribution in [1.82, 2.24) is 0 Å². The number of rotatable bonds is 3. The first-order chi connectivity index (χ1) is 9.36. The average molecular weight is 318 g/mol.